The first kappa shape index (κ1) is 19.6. The van der Waals surface area contributed by atoms with E-state index in [1.807, 2.05) is 36.0 Å². The van der Waals surface area contributed by atoms with Crippen LogP contribution in [-0.4, -0.2) is 29.9 Å². The number of aromatic nitrogens is 2. The van der Waals surface area contributed by atoms with Gasteiger partial charge in [0, 0.05) is 29.3 Å². The minimum atomic E-state index is -3.33. The monoisotopic (exact) mass is 398 g/mol. The highest BCUT2D eigenvalue weighted by atomic mass is 32.2. The van der Waals surface area contributed by atoms with Crippen LogP contribution in [0, 0.1) is 0 Å². The third-order valence-corrected chi connectivity index (χ3v) is 5.50. The van der Waals surface area contributed by atoms with E-state index in [2.05, 4.69) is 15.1 Å². The molecule has 0 saturated heterocycles. The highest BCUT2D eigenvalue weighted by molar-refractivity contribution is 7.92. The zero-order valence-electron chi connectivity index (χ0n) is 15.5. The van der Waals surface area contributed by atoms with Gasteiger partial charge in [0.1, 0.15) is 0 Å². The van der Waals surface area contributed by atoms with Crippen LogP contribution in [0.1, 0.15) is 29.3 Å². The SMILES string of the molecule is CCCS(=O)(=O)Nc1ccc(NC(=O)c2ccc(Cn3cccn3)cc2)cc1. The Morgan fingerprint density at radius 2 is 1.71 bits per heavy atom. The second-order valence-corrected chi connectivity index (χ2v) is 8.19. The summed E-state index contributed by atoms with van der Waals surface area (Å²) in [5, 5.41) is 6.96. The lowest BCUT2D eigenvalue weighted by atomic mass is 10.1. The molecule has 0 radical (unpaired) electrons. The Balaban J connectivity index is 1.59. The molecule has 1 heterocycles. The number of sulfonamides is 1. The molecule has 3 rings (SSSR count). The number of anilines is 2. The lowest BCUT2D eigenvalue weighted by Crippen LogP contribution is -2.16. The molecule has 28 heavy (non-hydrogen) atoms. The van der Waals surface area contributed by atoms with Crippen LogP contribution >= 0.6 is 0 Å². The standard InChI is InChI=1S/C20H22N4O3S/c1-2-14-28(26,27)23-19-10-8-18(9-11-19)22-20(25)17-6-4-16(5-7-17)15-24-13-3-12-21-24/h3-13,23H,2,14-15H2,1H3,(H,22,25). The Kier molecular flexibility index (Phi) is 6.10. The summed E-state index contributed by atoms with van der Waals surface area (Å²) in [7, 11) is -3.33. The van der Waals surface area contributed by atoms with Gasteiger partial charge in [0.05, 0.1) is 12.3 Å². The zero-order chi connectivity index (χ0) is 20.0. The number of carbonyl (C=O) groups excluding carboxylic acids is 1. The van der Waals surface area contributed by atoms with Gasteiger partial charge in [-0.1, -0.05) is 19.1 Å². The summed E-state index contributed by atoms with van der Waals surface area (Å²) >= 11 is 0. The lowest BCUT2D eigenvalue weighted by molar-refractivity contribution is 0.102. The minimum absolute atomic E-state index is 0.0713. The number of carbonyl (C=O) groups is 1. The van der Waals surface area contributed by atoms with E-state index in [-0.39, 0.29) is 11.7 Å². The summed E-state index contributed by atoms with van der Waals surface area (Å²) in [6.45, 7) is 2.45. The summed E-state index contributed by atoms with van der Waals surface area (Å²) in [6, 6.07) is 15.7. The molecule has 0 spiro atoms. The molecule has 7 nitrogen and oxygen atoms in total. The van der Waals surface area contributed by atoms with E-state index >= 15 is 0 Å². The third kappa shape index (κ3) is 5.43. The van der Waals surface area contributed by atoms with Gasteiger partial charge < -0.3 is 5.32 Å². The molecule has 0 atom stereocenters. The summed E-state index contributed by atoms with van der Waals surface area (Å²) in [6.07, 6.45) is 4.15. The van der Waals surface area contributed by atoms with Crippen LogP contribution in [0.25, 0.3) is 0 Å². The van der Waals surface area contributed by atoms with E-state index in [9.17, 15) is 13.2 Å². The van der Waals surface area contributed by atoms with Crippen molar-refractivity contribution < 1.29 is 13.2 Å². The van der Waals surface area contributed by atoms with Crippen molar-refractivity contribution in [3.05, 3.63) is 78.1 Å². The lowest BCUT2D eigenvalue weighted by Gasteiger charge is -2.09. The molecule has 2 N–H and O–H groups in total. The van der Waals surface area contributed by atoms with Gasteiger partial charge in [-0.2, -0.15) is 5.10 Å². The van der Waals surface area contributed by atoms with Crippen molar-refractivity contribution in [2.45, 2.75) is 19.9 Å². The van der Waals surface area contributed by atoms with Crippen LogP contribution in [0.15, 0.2) is 67.0 Å². The summed E-state index contributed by atoms with van der Waals surface area (Å²) < 4.78 is 27.9. The molecule has 8 heteroatoms. The number of nitrogens with one attached hydrogen (secondary N) is 2. The van der Waals surface area contributed by atoms with Gasteiger partial charge in [0.15, 0.2) is 0 Å². The van der Waals surface area contributed by atoms with Gasteiger partial charge in [-0.25, -0.2) is 8.42 Å². The van der Waals surface area contributed by atoms with Crippen LogP contribution in [0.2, 0.25) is 0 Å². The molecule has 0 saturated carbocycles. The fourth-order valence-corrected chi connectivity index (χ4v) is 3.80. The first-order valence-corrected chi connectivity index (χ1v) is 10.6. The van der Waals surface area contributed by atoms with E-state index in [1.165, 1.54) is 0 Å². The van der Waals surface area contributed by atoms with Crippen LogP contribution < -0.4 is 10.0 Å². The smallest absolute Gasteiger partial charge is 0.255 e. The highest BCUT2D eigenvalue weighted by Crippen LogP contribution is 2.16. The Hall–Kier alpha value is -3.13. The average Bonchev–Trinajstić information content (AvgIpc) is 3.16. The van der Waals surface area contributed by atoms with Crippen molar-refractivity contribution in [2.24, 2.45) is 0 Å². The number of hydrogen-bond acceptors (Lipinski definition) is 4. The Morgan fingerprint density at radius 3 is 2.32 bits per heavy atom. The van der Waals surface area contributed by atoms with Crippen molar-refractivity contribution >= 4 is 27.3 Å². The number of benzene rings is 2. The molecule has 0 aliphatic heterocycles. The van der Waals surface area contributed by atoms with Crippen molar-refractivity contribution in [1.82, 2.24) is 9.78 Å². The molecule has 1 aromatic heterocycles. The Bertz CT molecular complexity index is 1010. The van der Waals surface area contributed by atoms with Gasteiger partial charge in [0.25, 0.3) is 5.91 Å². The maximum atomic E-state index is 12.4. The molecule has 1 amide bonds. The normalized spacial score (nSPS) is 11.2. The molecule has 0 unspecified atom stereocenters. The fraction of sp³-hybridized carbons (Fsp3) is 0.200. The van der Waals surface area contributed by atoms with Crippen molar-refractivity contribution in [3.8, 4) is 0 Å². The van der Waals surface area contributed by atoms with E-state index in [0.717, 1.165) is 5.56 Å². The van der Waals surface area contributed by atoms with Crippen LogP contribution in [-0.2, 0) is 16.6 Å². The third-order valence-electron chi connectivity index (χ3n) is 4.01. The number of nitrogens with zero attached hydrogens (tertiary/aromatic N) is 2. The number of hydrogen-bond donors (Lipinski definition) is 2. The first-order valence-electron chi connectivity index (χ1n) is 8.93. The van der Waals surface area contributed by atoms with Crippen LogP contribution in [0.4, 0.5) is 11.4 Å². The summed E-state index contributed by atoms with van der Waals surface area (Å²) in [5.74, 6) is -0.160. The van der Waals surface area contributed by atoms with Gasteiger partial charge in [-0.3, -0.25) is 14.2 Å². The maximum Gasteiger partial charge on any atom is 0.255 e. The maximum absolute atomic E-state index is 12.4. The van der Waals surface area contributed by atoms with E-state index in [4.69, 9.17) is 0 Å². The van der Waals surface area contributed by atoms with E-state index < -0.39 is 10.0 Å². The fourth-order valence-electron chi connectivity index (χ4n) is 2.67. The van der Waals surface area contributed by atoms with Gasteiger partial charge in [-0.15, -0.1) is 0 Å². The van der Waals surface area contributed by atoms with Gasteiger partial charge in [-0.05, 0) is 54.4 Å². The Morgan fingerprint density at radius 1 is 1.04 bits per heavy atom. The predicted octanol–water partition coefficient (Wildman–Crippen LogP) is 3.34. The first-order chi connectivity index (χ1) is 13.4. The molecule has 0 aliphatic rings. The van der Waals surface area contributed by atoms with Gasteiger partial charge in [0.2, 0.25) is 10.0 Å². The molecule has 2 aromatic carbocycles. The second-order valence-electron chi connectivity index (χ2n) is 6.35. The minimum Gasteiger partial charge on any atom is -0.322 e. The number of rotatable bonds is 8. The van der Waals surface area contributed by atoms with Crippen molar-refractivity contribution in [3.63, 3.8) is 0 Å². The van der Waals surface area contributed by atoms with Crippen molar-refractivity contribution in [2.75, 3.05) is 15.8 Å². The van der Waals surface area contributed by atoms with Crippen molar-refractivity contribution in [1.29, 1.82) is 0 Å². The largest absolute Gasteiger partial charge is 0.322 e. The highest BCUT2D eigenvalue weighted by Gasteiger charge is 2.10. The zero-order valence-corrected chi connectivity index (χ0v) is 16.3. The van der Waals surface area contributed by atoms with Crippen LogP contribution in [0.3, 0.4) is 0 Å². The molecular formula is C20H22N4O3S. The topological polar surface area (TPSA) is 93.1 Å². The summed E-state index contributed by atoms with van der Waals surface area (Å²) in [4.78, 5) is 12.4. The molecule has 0 fully saturated rings. The number of amides is 1. The molecular weight excluding hydrogens is 376 g/mol. The molecule has 3 aromatic rings. The molecule has 0 bridgehead atoms. The Labute approximate surface area is 164 Å². The van der Waals surface area contributed by atoms with Crippen LogP contribution in [0.5, 0.6) is 0 Å². The predicted molar refractivity (Wildman–Crippen MR) is 110 cm³/mol. The summed E-state index contributed by atoms with van der Waals surface area (Å²) in [5.41, 5.74) is 2.64. The molecule has 146 valence electrons. The van der Waals surface area contributed by atoms with E-state index in [0.29, 0.717) is 29.9 Å². The average molecular weight is 398 g/mol. The molecule has 0 aliphatic carbocycles. The van der Waals surface area contributed by atoms with E-state index in [1.54, 1.807) is 42.6 Å². The van der Waals surface area contributed by atoms with Gasteiger partial charge >= 0.3 is 0 Å². The quantitative estimate of drug-likeness (QED) is 0.609. The second kappa shape index (κ2) is 8.71.